The third kappa shape index (κ3) is 3.73. The van der Waals surface area contributed by atoms with Crippen molar-refractivity contribution in [3.8, 4) is 6.07 Å². The van der Waals surface area contributed by atoms with Crippen molar-refractivity contribution >= 4 is 45.0 Å². The minimum Gasteiger partial charge on any atom is -0.344 e. The number of hydrogen-bond acceptors (Lipinski definition) is 6. The number of rotatable bonds is 3. The number of nitro benzene ring substituents is 1. The van der Waals surface area contributed by atoms with Crippen LogP contribution < -0.4 is 4.90 Å². The summed E-state index contributed by atoms with van der Waals surface area (Å²) in [6.45, 7) is 0.371. The van der Waals surface area contributed by atoms with E-state index in [-0.39, 0.29) is 18.0 Å². The van der Waals surface area contributed by atoms with E-state index in [0.717, 1.165) is 10.2 Å². The molecule has 1 amide bonds. The lowest BCUT2D eigenvalue weighted by atomic mass is 9.86. The molecular weight excluding hydrogens is 456 g/mol. The number of halogens is 1. The summed E-state index contributed by atoms with van der Waals surface area (Å²) >= 11 is 4.86. The van der Waals surface area contributed by atoms with E-state index in [0.29, 0.717) is 28.7 Å². The molecule has 29 heavy (non-hydrogen) atoms. The highest BCUT2D eigenvalue weighted by atomic mass is 79.9. The molecule has 0 aliphatic carbocycles. The van der Waals surface area contributed by atoms with Gasteiger partial charge in [-0.2, -0.15) is 5.26 Å². The lowest BCUT2D eigenvalue weighted by molar-refractivity contribution is -0.384. The molecule has 2 aromatic rings. The second kappa shape index (κ2) is 7.89. The summed E-state index contributed by atoms with van der Waals surface area (Å²) in [6.07, 6.45) is 0.113. The van der Waals surface area contributed by atoms with Crippen LogP contribution in [0.2, 0.25) is 0 Å². The topological polar surface area (TPSA) is 90.5 Å². The molecular formula is C20H15BrN4O3S. The summed E-state index contributed by atoms with van der Waals surface area (Å²) in [5.41, 5.74) is 2.06. The second-order valence-electron chi connectivity index (χ2n) is 6.69. The zero-order valence-corrected chi connectivity index (χ0v) is 17.5. The Bertz CT molecular complexity index is 1060. The van der Waals surface area contributed by atoms with Crippen LogP contribution in [0, 0.1) is 21.4 Å². The zero-order valence-electron chi connectivity index (χ0n) is 15.1. The van der Waals surface area contributed by atoms with Gasteiger partial charge in [0.2, 0.25) is 5.91 Å². The van der Waals surface area contributed by atoms with Crippen LogP contribution in [-0.2, 0) is 4.79 Å². The number of carbonyl (C=O) groups excluding carboxylic acids is 1. The quantitative estimate of drug-likeness (QED) is 0.481. The molecule has 4 rings (SSSR count). The number of non-ortho nitro benzene ring substituents is 1. The minimum absolute atomic E-state index is 0.0441. The first kappa shape index (κ1) is 19.5. The number of benzene rings is 2. The van der Waals surface area contributed by atoms with Crippen LogP contribution >= 0.6 is 27.7 Å². The molecule has 0 spiro atoms. The van der Waals surface area contributed by atoms with E-state index < -0.39 is 10.8 Å². The number of carbonyl (C=O) groups is 1. The molecule has 2 aliphatic heterocycles. The van der Waals surface area contributed by atoms with Crippen LogP contribution in [0.15, 0.2) is 63.6 Å². The van der Waals surface area contributed by atoms with Gasteiger partial charge in [0, 0.05) is 34.6 Å². The van der Waals surface area contributed by atoms with Gasteiger partial charge in [-0.05, 0) is 29.8 Å². The molecule has 0 aromatic heterocycles. The van der Waals surface area contributed by atoms with E-state index in [9.17, 15) is 20.2 Å². The molecule has 0 saturated carbocycles. The third-order valence-corrected chi connectivity index (χ3v) is 6.65. The smallest absolute Gasteiger partial charge is 0.269 e. The van der Waals surface area contributed by atoms with Crippen LogP contribution in [0.1, 0.15) is 17.9 Å². The average molecular weight is 471 g/mol. The van der Waals surface area contributed by atoms with Gasteiger partial charge in [0.1, 0.15) is 0 Å². The molecule has 2 aromatic carbocycles. The van der Waals surface area contributed by atoms with Gasteiger partial charge in [-0.15, -0.1) is 0 Å². The van der Waals surface area contributed by atoms with Crippen LogP contribution in [0.3, 0.4) is 0 Å². The second-order valence-corrected chi connectivity index (χ2v) is 8.54. The van der Waals surface area contributed by atoms with Crippen molar-refractivity contribution in [2.45, 2.75) is 12.3 Å². The first-order valence-corrected chi connectivity index (χ1v) is 10.6. The Morgan fingerprint density at radius 2 is 2.00 bits per heavy atom. The Kier molecular flexibility index (Phi) is 5.30. The number of hydrogen-bond donors (Lipinski definition) is 0. The Morgan fingerprint density at radius 1 is 1.24 bits per heavy atom. The molecule has 2 heterocycles. The summed E-state index contributed by atoms with van der Waals surface area (Å²) in [5, 5.41) is 21.6. The number of nitrogens with zero attached hydrogens (tertiary/aromatic N) is 4. The fourth-order valence-electron chi connectivity index (χ4n) is 3.52. The molecule has 146 valence electrons. The van der Waals surface area contributed by atoms with E-state index in [1.807, 2.05) is 24.3 Å². The summed E-state index contributed by atoms with van der Waals surface area (Å²) in [5.74, 6) is 0.0447. The monoisotopic (exact) mass is 470 g/mol. The van der Waals surface area contributed by atoms with Crippen molar-refractivity contribution in [2.24, 2.45) is 0 Å². The van der Waals surface area contributed by atoms with Gasteiger partial charge in [0.15, 0.2) is 0 Å². The largest absolute Gasteiger partial charge is 0.344 e. The maximum absolute atomic E-state index is 12.9. The Balaban J connectivity index is 1.67. The predicted molar refractivity (Wildman–Crippen MR) is 114 cm³/mol. The van der Waals surface area contributed by atoms with E-state index in [1.54, 1.807) is 17.0 Å². The first-order valence-electron chi connectivity index (χ1n) is 8.80. The standard InChI is InChI=1S/C20H15BrN4O3S/c21-14-4-6-15(7-5-14)23-11-24-19(26)9-17(18(10-22)20(24)29-12-23)13-2-1-3-16(8-13)25(27)28/h1-8,17H,9,11-12H2. The highest BCUT2D eigenvalue weighted by Gasteiger charge is 2.38. The van der Waals surface area contributed by atoms with Crippen molar-refractivity contribution in [3.63, 3.8) is 0 Å². The molecule has 1 atom stereocenters. The number of allylic oxidation sites excluding steroid dienone is 1. The Morgan fingerprint density at radius 3 is 2.69 bits per heavy atom. The third-order valence-electron chi connectivity index (χ3n) is 4.97. The van der Waals surface area contributed by atoms with Gasteiger partial charge < -0.3 is 4.90 Å². The van der Waals surface area contributed by atoms with Crippen LogP contribution in [0.4, 0.5) is 11.4 Å². The van der Waals surface area contributed by atoms with Gasteiger partial charge >= 0.3 is 0 Å². The fraction of sp³-hybridized carbons (Fsp3) is 0.200. The molecule has 0 bridgehead atoms. The highest BCUT2D eigenvalue weighted by molar-refractivity contribution is 9.10. The molecule has 0 N–H and O–H groups in total. The zero-order chi connectivity index (χ0) is 20.5. The van der Waals surface area contributed by atoms with E-state index >= 15 is 0 Å². The number of nitriles is 1. The van der Waals surface area contributed by atoms with Gasteiger partial charge in [-0.25, -0.2) is 0 Å². The molecule has 1 fully saturated rings. The molecule has 9 heteroatoms. The van der Waals surface area contributed by atoms with Gasteiger partial charge in [-0.3, -0.25) is 19.8 Å². The average Bonchev–Trinajstić information content (AvgIpc) is 2.74. The van der Waals surface area contributed by atoms with Crippen LogP contribution in [0.25, 0.3) is 0 Å². The van der Waals surface area contributed by atoms with Crippen molar-refractivity contribution in [1.82, 2.24) is 4.90 Å². The lowest BCUT2D eigenvalue weighted by Gasteiger charge is -2.42. The first-order chi connectivity index (χ1) is 14.0. The van der Waals surface area contributed by atoms with Crippen molar-refractivity contribution in [2.75, 3.05) is 17.4 Å². The summed E-state index contributed by atoms with van der Waals surface area (Å²) in [4.78, 5) is 27.3. The fourth-order valence-corrected chi connectivity index (χ4v) is 4.95. The van der Waals surface area contributed by atoms with Gasteiger partial charge in [-0.1, -0.05) is 39.8 Å². The van der Waals surface area contributed by atoms with Crippen molar-refractivity contribution in [1.29, 1.82) is 5.26 Å². The number of anilines is 1. The molecule has 7 nitrogen and oxygen atoms in total. The highest BCUT2D eigenvalue weighted by Crippen LogP contribution is 2.43. The van der Waals surface area contributed by atoms with Crippen molar-refractivity contribution in [3.05, 3.63) is 79.3 Å². The Hall–Kier alpha value is -2.83. The van der Waals surface area contributed by atoms with Gasteiger partial charge in [0.25, 0.3) is 5.69 Å². The normalized spacial score (nSPS) is 19.0. The van der Waals surface area contributed by atoms with E-state index in [4.69, 9.17) is 0 Å². The lowest BCUT2D eigenvalue weighted by Crippen LogP contribution is -2.47. The van der Waals surface area contributed by atoms with E-state index in [2.05, 4.69) is 26.9 Å². The summed E-state index contributed by atoms with van der Waals surface area (Å²) in [7, 11) is 0. The van der Waals surface area contributed by atoms with E-state index in [1.165, 1.54) is 23.9 Å². The predicted octanol–water partition coefficient (Wildman–Crippen LogP) is 4.58. The number of nitro groups is 1. The number of fused-ring (bicyclic) bond motifs is 1. The maximum Gasteiger partial charge on any atom is 0.269 e. The molecule has 0 radical (unpaired) electrons. The SMILES string of the molecule is N#CC1=C2SCN(c3ccc(Br)cc3)CN2C(=O)CC1c1cccc([N+](=O)[O-])c1. The maximum atomic E-state index is 12.9. The van der Waals surface area contributed by atoms with Crippen molar-refractivity contribution < 1.29 is 9.72 Å². The number of amides is 1. The molecule has 1 unspecified atom stereocenters. The molecule has 2 aliphatic rings. The number of thioether (sulfide) groups is 1. The van der Waals surface area contributed by atoms with Gasteiger partial charge in [0.05, 0.1) is 34.1 Å². The van der Waals surface area contributed by atoms with Crippen LogP contribution in [-0.4, -0.2) is 28.3 Å². The summed E-state index contributed by atoms with van der Waals surface area (Å²) < 4.78 is 0.979. The summed E-state index contributed by atoms with van der Waals surface area (Å²) in [6, 6.07) is 16.3. The molecule has 1 saturated heterocycles. The minimum atomic E-state index is -0.467. The van der Waals surface area contributed by atoms with Crippen LogP contribution in [0.5, 0.6) is 0 Å². The Labute approximate surface area is 179 Å².